The van der Waals surface area contributed by atoms with Crippen LogP contribution in [0.5, 0.6) is 0 Å². The fourth-order valence-corrected chi connectivity index (χ4v) is 2.78. The number of nitrogens with one attached hydrogen (secondary N) is 1. The van der Waals surface area contributed by atoms with E-state index in [1.54, 1.807) is 48.3 Å². The lowest BCUT2D eigenvalue weighted by Crippen LogP contribution is -2.19. The molecule has 9 heteroatoms. The lowest BCUT2D eigenvalue weighted by molar-refractivity contribution is -0.116. The number of anilines is 1. The van der Waals surface area contributed by atoms with Crippen LogP contribution in [0.1, 0.15) is 0 Å². The standard InChI is InChI=1S/C14H13F2N5OS/c1-20-7-6-11(19-20)18-12(22)8-21-10-5-3-2-4-9(10)17-14(21)23-13(15)16/h2-7,13H,8H2,1H3,(H,18,19,22). The lowest BCUT2D eigenvalue weighted by atomic mass is 10.3. The van der Waals surface area contributed by atoms with Gasteiger partial charge in [-0.3, -0.25) is 9.48 Å². The smallest absolute Gasteiger partial charge is 0.291 e. The number of aryl methyl sites for hydroxylation is 1. The average Bonchev–Trinajstić information content (AvgIpc) is 3.03. The van der Waals surface area contributed by atoms with E-state index in [2.05, 4.69) is 15.4 Å². The summed E-state index contributed by atoms with van der Waals surface area (Å²) in [5.74, 6) is -2.56. The fourth-order valence-electron chi connectivity index (χ4n) is 2.18. The summed E-state index contributed by atoms with van der Waals surface area (Å²) in [4.78, 5) is 16.3. The van der Waals surface area contributed by atoms with Crippen molar-refractivity contribution in [3.8, 4) is 0 Å². The number of thioether (sulfide) groups is 1. The number of amides is 1. The van der Waals surface area contributed by atoms with Crippen LogP contribution in [0.3, 0.4) is 0 Å². The van der Waals surface area contributed by atoms with Crippen LogP contribution in [-0.4, -0.2) is 31.0 Å². The summed E-state index contributed by atoms with van der Waals surface area (Å²) in [5, 5.41) is 6.79. The van der Waals surface area contributed by atoms with Gasteiger partial charge >= 0.3 is 0 Å². The number of carbonyl (C=O) groups excluding carboxylic acids is 1. The summed E-state index contributed by atoms with van der Waals surface area (Å²) >= 11 is 0.322. The number of aromatic nitrogens is 4. The molecule has 0 spiro atoms. The molecule has 0 fully saturated rings. The SMILES string of the molecule is Cn1ccc(NC(=O)Cn2c(SC(F)F)nc3ccccc32)n1. The summed E-state index contributed by atoms with van der Waals surface area (Å²) < 4.78 is 28.5. The highest BCUT2D eigenvalue weighted by Crippen LogP contribution is 2.28. The molecular weight excluding hydrogens is 324 g/mol. The second-order valence-corrected chi connectivity index (χ2v) is 5.73. The van der Waals surface area contributed by atoms with Gasteiger partial charge in [-0.1, -0.05) is 12.1 Å². The topological polar surface area (TPSA) is 64.7 Å². The normalized spacial score (nSPS) is 11.3. The van der Waals surface area contributed by atoms with Crippen LogP contribution < -0.4 is 5.32 Å². The summed E-state index contributed by atoms with van der Waals surface area (Å²) in [6, 6.07) is 8.65. The van der Waals surface area contributed by atoms with Gasteiger partial charge in [-0.25, -0.2) is 4.98 Å². The van der Waals surface area contributed by atoms with Gasteiger partial charge in [-0.05, 0) is 23.9 Å². The zero-order valence-electron chi connectivity index (χ0n) is 12.1. The average molecular weight is 337 g/mol. The van der Waals surface area contributed by atoms with E-state index >= 15 is 0 Å². The molecule has 0 radical (unpaired) electrons. The van der Waals surface area contributed by atoms with Gasteiger partial charge in [0.1, 0.15) is 6.54 Å². The number of carbonyl (C=O) groups is 1. The Morgan fingerprint density at radius 1 is 1.35 bits per heavy atom. The van der Waals surface area contributed by atoms with E-state index in [9.17, 15) is 13.6 Å². The number of alkyl halides is 2. The van der Waals surface area contributed by atoms with Crippen molar-refractivity contribution in [3.63, 3.8) is 0 Å². The first kappa shape index (κ1) is 15.5. The first-order valence-electron chi connectivity index (χ1n) is 6.72. The summed E-state index contributed by atoms with van der Waals surface area (Å²) in [7, 11) is 1.73. The molecule has 0 aliphatic rings. The number of para-hydroxylation sites is 2. The molecule has 1 N–H and O–H groups in total. The molecule has 0 saturated heterocycles. The molecule has 0 bridgehead atoms. The van der Waals surface area contributed by atoms with Crippen molar-refractivity contribution in [2.24, 2.45) is 7.05 Å². The Hall–Kier alpha value is -2.42. The quantitative estimate of drug-likeness (QED) is 0.727. The molecule has 0 aliphatic carbocycles. The Kier molecular flexibility index (Phi) is 4.28. The Morgan fingerprint density at radius 3 is 2.83 bits per heavy atom. The first-order chi connectivity index (χ1) is 11.0. The van der Waals surface area contributed by atoms with Crippen LogP contribution in [0, 0.1) is 0 Å². The third-order valence-electron chi connectivity index (χ3n) is 3.10. The van der Waals surface area contributed by atoms with Gasteiger partial charge in [-0.2, -0.15) is 13.9 Å². The van der Waals surface area contributed by atoms with Crippen LogP contribution in [0.4, 0.5) is 14.6 Å². The lowest BCUT2D eigenvalue weighted by Gasteiger charge is -2.08. The van der Waals surface area contributed by atoms with Crippen molar-refractivity contribution >= 4 is 34.5 Å². The third kappa shape index (κ3) is 3.50. The molecule has 23 heavy (non-hydrogen) atoms. The van der Waals surface area contributed by atoms with Crippen LogP contribution in [0.25, 0.3) is 11.0 Å². The summed E-state index contributed by atoms with van der Waals surface area (Å²) in [5.41, 5.74) is 1.20. The van der Waals surface area contributed by atoms with Crippen molar-refractivity contribution in [1.82, 2.24) is 19.3 Å². The minimum atomic E-state index is -2.61. The second-order valence-electron chi connectivity index (χ2n) is 4.77. The maximum absolute atomic E-state index is 12.7. The van der Waals surface area contributed by atoms with Crippen molar-refractivity contribution in [2.75, 3.05) is 5.32 Å². The molecule has 0 aliphatic heterocycles. The van der Waals surface area contributed by atoms with Crippen molar-refractivity contribution < 1.29 is 13.6 Å². The van der Waals surface area contributed by atoms with Crippen LogP contribution >= 0.6 is 11.8 Å². The molecule has 0 unspecified atom stereocenters. The number of hydrogen-bond acceptors (Lipinski definition) is 4. The fraction of sp³-hybridized carbons (Fsp3) is 0.214. The third-order valence-corrected chi connectivity index (χ3v) is 3.80. The molecule has 2 aromatic heterocycles. The molecule has 0 atom stereocenters. The van der Waals surface area contributed by atoms with E-state index in [1.165, 1.54) is 4.57 Å². The molecule has 3 aromatic rings. The van der Waals surface area contributed by atoms with E-state index in [-0.39, 0.29) is 17.6 Å². The first-order valence-corrected chi connectivity index (χ1v) is 7.60. The van der Waals surface area contributed by atoms with E-state index in [0.717, 1.165) is 0 Å². The molecule has 120 valence electrons. The van der Waals surface area contributed by atoms with Gasteiger partial charge in [0.05, 0.1) is 11.0 Å². The van der Waals surface area contributed by atoms with Crippen molar-refractivity contribution in [3.05, 3.63) is 36.5 Å². The van der Waals surface area contributed by atoms with E-state index in [1.807, 2.05) is 0 Å². The molecular formula is C14H13F2N5OS. The Balaban J connectivity index is 1.86. The maximum atomic E-state index is 12.7. The second kappa shape index (κ2) is 6.37. The molecule has 1 amide bonds. The number of fused-ring (bicyclic) bond motifs is 1. The van der Waals surface area contributed by atoms with Crippen LogP contribution in [0.2, 0.25) is 0 Å². The number of nitrogens with zero attached hydrogens (tertiary/aromatic N) is 4. The predicted octanol–water partition coefficient (Wildman–Crippen LogP) is 2.72. The molecule has 6 nitrogen and oxygen atoms in total. The minimum Gasteiger partial charge on any atom is -0.309 e. The van der Waals surface area contributed by atoms with Gasteiger partial charge in [0.25, 0.3) is 5.76 Å². The molecule has 1 aromatic carbocycles. The Labute approximate surface area is 134 Å². The molecule has 0 saturated carbocycles. The minimum absolute atomic E-state index is 0.109. The zero-order chi connectivity index (χ0) is 16.4. The van der Waals surface area contributed by atoms with Crippen LogP contribution in [-0.2, 0) is 18.4 Å². The van der Waals surface area contributed by atoms with Gasteiger partial charge in [0, 0.05) is 19.3 Å². The summed E-state index contributed by atoms with van der Waals surface area (Å²) in [6.45, 7) is -0.119. The molecule has 2 heterocycles. The van der Waals surface area contributed by atoms with E-state index in [0.29, 0.717) is 28.6 Å². The Morgan fingerprint density at radius 2 is 2.13 bits per heavy atom. The predicted molar refractivity (Wildman–Crippen MR) is 83.4 cm³/mol. The largest absolute Gasteiger partial charge is 0.309 e. The summed E-state index contributed by atoms with van der Waals surface area (Å²) in [6.07, 6.45) is 1.69. The van der Waals surface area contributed by atoms with Gasteiger partial charge < -0.3 is 9.88 Å². The van der Waals surface area contributed by atoms with E-state index in [4.69, 9.17) is 0 Å². The number of imidazole rings is 1. The number of benzene rings is 1. The Bertz CT molecular complexity index is 845. The van der Waals surface area contributed by atoms with Gasteiger partial charge in [-0.15, -0.1) is 0 Å². The number of rotatable bonds is 5. The highest BCUT2D eigenvalue weighted by atomic mass is 32.2. The number of hydrogen-bond donors (Lipinski definition) is 1. The zero-order valence-corrected chi connectivity index (χ0v) is 12.9. The highest BCUT2D eigenvalue weighted by Gasteiger charge is 2.18. The number of halogens is 2. The maximum Gasteiger partial charge on any atom is 0.291 e. The van der Waals surface area contributed by atoms with Crippen molar-refractivity contribution in [1.29, 1.82) is 0 Å². The monoisotopic (exact) mass is 337 g/mol. The molecule has 3 rings (SSSR count). The van der Waals surface area contributed by atoms with Gasteiger partial charge in [0.2, 0.25) is 5.91 Å². The van der Waals surface area contributed by atoms with Gasteiger partial charge in [0.15, 0.2) is 11.0 Å². The highest BCUT2D eigenvalue weighted by molar-refractivity contribution is 7.99. The van der Waals surface area contributed by atoms with Crippen LogP contribution in [0.15, 0.2) is 41.7 Å². The van der Waals surface area contributed by atoms with Crippen molar-refractivity contribution in [2.45, 2.75) is 17.5 Å². The van der Waals surface area contributed by atoms with E-state index < -0.39 is 5.76 Å².